The molecule has 0 radical (unpaired) electrons. The van der Waals surface area contributed by atoms with E-state index in [2.05, 4.69) is 5.32 Å². The van der Waals surface area contributed by atoms with Gasteiger partial charge in [0.15, 0.2) is 0 Å². The van der Waals surface area contributed by atoms with E-state index in [0.717, 1.165) is 0 Å². The van der Waals surface area contributed by atoms with E-state index in [0.29, 0.717) is 0 Å². The van der Waals surface area contributed by atoms with Gasteiger partial charge in [-0.15, -0.1) is 0 Å². The van der Waals surface area contributed by atoms with E-state index in [-0.39, 0.29) is 17.1 Å². The van der Waals surface area contributed by atoms with Gasteiger partial charge in [0, 0.05) is 17.1 Å². The van der Waals surface area contributed by atoms with Gasteiger partial charge in [0.25, 0.3) is 0 Å². The summed E-state index contributed by atoms with van der Waals surface area (Å²) < 4.78 is 0. The van der Waals surface area contributed by atoms with Crippen molar-refractivity contribution in [3.05, 3.63) is 0 Å². The molecule has 1 nitrogen and oxygen atoms in total. The van der Waals surface area contributed by atoms with Crippen LogP contribution >= 0.6 is 0 Å². The molecule has 0 spiro atoms. The van der Waals surface area contributed by atoms with Gasteiger partial charge in [-0.25, -0.2) is 0 Å². The molecule has 0 aliphatic rings. The van der Waals surface area contributed by atoms with Gasteiger partial charge in [0.2, 0.25) is 0 Å². The Morgan fingerprint density at radius 1 is 1.25 bits per heavy atom. The Labute approximate surface area is 37.2 Å². The summed E-state index contributed by atoms with van der Waals surface area (Å²) in [5, 5.41) is 2.75. The fourth-order valence-corrected chi connectivity index (χ4v) is 0. The van der Waals surface area contributed by atoms with Gasteiger partial charge >= 0.3 is 0 Å². The molecule has 0 aliphatic carbocycles. The Bertz CT molecular complexity index is 6.00. The minimum Gasteiger partial charge on any atom is -0.323 e. The Balaban J connectivity index is 0. The van der Waals surface area contributed by atoms with Crippen molar-refractivity contribution >= 4 is 0 Å². The van der Waals surface area contributed by atoms with Crippen LogP contribution in [0.3, 0.4) is 0 Å². The number of hydrogen-bond donors (Lipinski definition) is 1. The molecule has 0 aliphatic heterocycles. The summed E-state index contributed by atoms with van der Waals surface area (Å²) in [4.78, 5) is 0. The number of rotatable bonds is 0. The van der Waals surface area contributed by atoms with Gasteiger partial charge in [-0.05, 0) is 14.1 Å². The summed E-state index contributed by atoms with van der Waals surface area (Å²) in [7, 11) is 3.75. The molecule has 0 amide bonds. The SMILES string of the molecule is CNC.[Fe]. The van der Waals surface area contributed by atoms with Crippen LogP contribution in [0.25, 0.3) is 0 Å². The summed E-state index contributed by atoms with van der Waals surface area (Å²) in [6, 6.07) is 0. The van der Waals surface area contributed by atoms with Crippen LogP contribution in [0.2, 0.25) is 0 Å². The normalized spacial score (nSPS) is 4.50. The van der Waals surface area contributed by atoms with E-state index in [9.17, 15) is 0 Å². The van der Waals surface area contributed by atoms with Crippen LogP contribution in [0, 0.1) is 0 Å². The second kappa shape index (κ2) is 9.77. The first kappa shape index (κ1) is 8.82. The van der Waals surface area contributed by atoms with Crippen LogP contribution in [-0.4, -0.2) is 14.1 Å². The molecular formula is C2H7FeN. The molecule has 0 rings (SSSR count). The monoisotopic (exact) mass is 101 g/mol. The molecule has 0 aromatic heterocycles. The summed E-state index contributed by atoms with van der Waals surface area (Å²) >= 11 is 0. The molecule has 0 fully saturated rings. The largest absolute Gasteiger partial charge is 0.323 e. The third kappa shape index (κ3) is 23.6. The Kier molecular flexibility index (Phi) is 21.6. The molecular weight excluding hydrogens is 93.9 g/mol. The Morgan fingerprint density at radius 2 is 1.25 bits per heavy atom. The molecule has 0 unspecified atom stereocenters. The predicted molar refractivity (Wildman–Crippen MR) is 15.0 cm³/mol. The van der Waals surface area contributed by atoms with E-state index in [1.165, 1.54) is 0 Å². The van der Waals surface area contributed by atoms with E-state index in [1.807, 2.05) is 14.1 Å². The molecule has 0 bridgehead atoms. The molecule has 0 aromatic rings. The maximum absolute atomic E-state index is 2.75. The second-order valence-electron chi connectivity index (χ2n) is 0.500. The first-order chi connectivity index (χ1) is 1.41. The zero-order valence-corrected chi connectivity index (χ0v) is 3.96. The van der Waals surface area contributed by atoms with Crippen molar-refractivity contribution in [1.82, 2.24) is 5.32 Å². The van der Waals surface area contributed by atoms with Crippen LogP contribution < -0.4 is 5.32 Å². The average Bonchev–Trinajstić information content (AvgIpc) is 0.918. The molecule has 0 heterocycles. The van der Waals surface area contributed by atoms with Crippen molar-refractivity contribution < 1.29 is 17.1 Å². The summed E-state index contributed by atoms with van der Waals surface area (Å²) in [6.45, 7) is 0. The zero-order chi connectivity index (χ0) is 2.71. The predicted octanol–water partition coefficient (Wildman–Crippen LogP) is -0.167. The van der Waals surface area contributed by atoms with Gasteiger partial charge in [0.1, 0.15) is 0 Å². The summed E-state index contributed by atoms with van der Waals surface area (Å²) in [6.07, 6.45) is 0. The van der Waals surface area contributed by atoms with Gasteiger partial charge in [-0.3, -0.25) is 0 Å². The molecule has 0 saturated carbocycles. The standard InChI is InChI=1S/C2H7N.Fe/c1-3-2;/h3H,1-2H3;. The first-order valence-corrected chi connectivity index (χ1v) is 1.00. The quantitative estimate of drug-likeness (QED) is 0.418. The Morgan fingerprint density at radius 3 is 1.25 bits per heavy atom. The maximum atomic E-state index is 2.75. The molecule has 4 heavy (non-hydrogen) atoms. The molecule has 0 aromatic carbocycles. The van der Waals surface area contributed by atoms with E-state index in [1.54, 1.807) is 0 Å². The Hall–Kier alpha value is 0.479. The van der Waals surface area contributed by atoms with Crippen molar-refractivity contribution in [1.29, 1.82) is 0 Å². The maximum Gasteiger partial charge on any atom is 0 e. The first-order valence-electron chi connectivity index (χ1n) is 1.00. The van der Waals surface area contributed by atoms with Gasteiger partial charge < -0.3 is 5.32 Å². The zero-order valence-electron chi connectivity index (χ0n) is 2.85. The van der Waals surface area contributed by atoms with Crippen molar-refractivity contribution in [3.63, 3.8) is 0 Å². The third-order valence-electron chi connectivity index (χ3n) is 0. The molecule has 28 valence electrons. The molecule has 2 heteroatoms. The number of hydrogen-bond acceptors (Lipinski definition) is 1. The van der Waals surface area contributed by atoms with Gasteiger partial charge in [-0.1, -0.05) is 0 Å². The fourth-order valence-electron chi connectivity index (χ4n) is 0. The average molecular weight is 101 g/mol. The van der Waals surface area contributed by atoms with Crippen molar-refractivity contribution in [2.75, 3.05) is 14.1 Å². The second-order valence-corrected chi connectivity index (χ2v) is 0.500. The van der Waals surface area contributed by atoms with Crippen LogP contribution in [0.15, 0.2) is 0 Å². The van der Waals surface area contributed by atoms with Crippen molar-refractivity contribution in [2.45, 2.75) is 0 Å². The van der Waals surface area contributed by atoms with Crippen molar-refractivity contribution in [2.24, 2.45) is 0 Å². The molecule has 0 saturated heterocycles. The fraction of sp³-hybridized carbons (Fsp3) is 1.00. The summed E-state index contributed by atoms with van der Waals surface area (Å²) in [5.41, 5.74) is 0. The van der Waals surface area contributed by atoms with E-state index < -0.39 is 0 Å². The number of nitrogens with one attached hydrogen (secondary N) is 1. The third-order valence-corrected chi connectivity index (χ3v) is 0. The van der Waals surface area contributed by atoms with Crippen molar-refractivity contribution in [3.8, 4) is 0 Å². The minimum atomic E-state index is 0. The molecule has 1 N–H and O–H groups in total. The minimum absolute atomic E-state index is 0. The van der Waals surface area contributed by atoms with Gasteiger partial charge in [0.05, 0.1) is 0 Å². The van der Waals surface area contributed by atoms with Crippen LogP contribution in [0.1, 0.15) is 0 Å². The van der Waals surface area contributed by atoms with Gasteiger partial charge in [-0.2, -0.15) is 0 Å². The van der Waals surface area contributed by atoms with Crippen LogP contribution in [0.5, 0.6) is 0 Å². The topological polar surface area (TPSA) is 12.0 Å². The van der Waals surface area contributed by atoms with Crippen LogP contribution in [0.4, 0.5) is 0 Å². The summed E-state index contributed by atoms with van der Waals surface area (Å²) in [5.74, 6) is 0. The smallest absolute Gasteiger partial charge is 0 e. The van der Waals surface area contributed by atoms with E-state index in [4.69, 9.17) is 0 Å². The molecule has 0 atom stereocenters. The van der Waals surface area contributed by atoms with Crippen LogP contribution in [-0.2, 0) is 17.1 Å². The van der Waals surface area contributed by atoms with E-state index >= 15 is 0 Å².